The molecule has 15 heavy (non-hydrogen) atoms. The Bertz CT molecular complexity index is 470. The maximum absolute atomic E-state index is 5.25. The van der Waals surface area contributed by atoms with Crippen molar-refractivity contribution in [3.05, 3.63) is 30.2 Å². The Hall–Kier alpha value is -1.68. The lowest BCUT2D eigenvalue weighted by Crippen LogP contribution is -2.07. The molecule has 1 N–H and O–H groups in total. The first-order valence-corrected chi connectivity index (χ1v) is 4.78. The summed E-state index contributed by atoms with van der Waals surface area (Å²) in [6.45, 7) is 0.728. The quantitative estimate of drug-likeness (QED) is 0.818. The van der Waals surface area contributed by atoms with E-state index in [-0.39, 0.29) is 0 Å². The standard InChI is InChI=1S/C11H13N3O/c1-12-6-9-8-4-3-5-10(15-2)11(8)14-7-13-9/h3-5,7,12H,6H2,1-2H3. The highest BCUT2D eigenvalue weighted by molar-refractivity contribution is 5.86. The van der Waals surface area contributed by atoms with Crippen molar-refractivity contribution >= 4 is 10.9 Å². The molecular weight excluding hydrogens is 190 g/mol. The lowest BCUT2D eigenvalue weighted by atomic mass is 10.1. The molecule has 0 spiro atoms. The number of nitrogens with zero attached hydrogens (tertiary/aromatic N) is 2. The van der Waals surface area contributed by atoms with Gasteiger partial charge in [0.15, 0.2) is 0 Å². The molecule has 1 heterocycles. The van der Waals surface area contributed by atoms with Gasteiger partial charge < -0.3 is 10.1 Å². The molecule has 4 nitrogen and oxygen atoms in total. The Kier molecular flexibility index (Phi) is 2.78. The second kappa shape index (κ2) is 4.23. The van der Waals surface area contributed by atoms with E-state index in [1.54, 1.807) is 13.4 Å². The third-order valence-electron chi connectivity index (χ3n) is 2.27. The van der Waals surface area contributed by atoms with Gasteiger partial charge in [-0.1, -0.05) is 12.1 Å². The van der Waals surface area contributed by atoms with Crippen LogP contribution >= 0.6 is 0 Å². The molecule has 0 saturated carbocycles. The average molecular weight is 203 g/mol. The van der Waals surface area contributed by atoms with Gasteiger partial charge in [-0.25, -0.2) is 9.97 Å². The Labute approximate surface area is 88.3 Å². The van der Waals surface area contributed by atoms with Crippen LogP contribution in [-0.4, -0.2) is 24.1 Å². The van der Waals surface area contributed by atoms with E-state index in [0.717, 1.165) is 28.9 Å². The summed E-state index contributed by atoms with van der Waals surface area (Å²) >= 11 is 0. The summed E-state index contributed by atoms with van der Waals surface area (Å²) in [6, 6.07) is 5.85. The van der Waals surface area contributed by atoms with Crippen LogP contribution in [-0.2, 0) is 6.54 Å². The zero-order chi connectivity index (χ0) is 10.7. The number of fused-ring (bicyclic) bond motifs is 1. The predicted octanol–water partition coefficient (Wildman–Crippen LogP) is 1.36. The number of hydrogen-bond acceptors (Lipinski definition) is 4. The van der Waals surface area contributed by atoms with Gasteiger partial charge in [-0.2, -0.15) is 0 Å². The van der Waals surface area contributed by atoms with E-state index in [9.17, 15) is 0 Å². The first kappa shape index (κ1) is 9.86. The number of nitrogens with one attached hydrogen (secondary N) is 1. The molecule has 1 aromatic carbocycles. The minimum absolute atomic E-state index is 0.728. The summed E-state index contributed by atoms with van der Waals surface area (Å²) in [5, 5.41) is 4.12. The Morgan fingerprint density at radius 3 is 2.93 bits per heavy atom. The number of hydrogen-bond donors (Lipinski definition) is 1. The van der Waals surface area contributed by atoms with Crippen molar-refractivity contribution in [3.8, 4) is 5.75 Å². The van der Waals surface area contributed by atoms with Crippen LogP contribution in [0.1, 0.15) is 5.69 Å². The van der Waals surface area contributed by atoms with E-state index >= 15 is 0 Å². The molecule has 4 heteroatoms. The zero-order valence-corrected chi connectivity index (χ0v) is 8.82. The smallest absolute Gasteiger partial charge is 0.145 e. The van der Waals surface area contributed by atoms with Crippen molar-refractivity contribution in [2.75, 3.05) is 14.2 Å². The fourth-order valence-corrected chi connectivity index (χ4v) is 1.59. The second-order valence-electron chi connectivity index (χ2n) is 3.21. The number of ether oxygens (including phenoxy) is 1. The molecule has 0 bridgehead atoms. The number of aromatic nitrogens is 2. The lowest BCUT2D eigenvalue weighted by molar-refractivity contribution is 0.419. The van der Waals surface area contributed by atoms with Gasteiger partial charge in [0.25, 0.3) is 0 Å². The van der Waals surface area contributed by atoms with Crippen LogP contribution < -0.4 is 10.1 Å². The van der Waals surface area contributed by atoms with E-state index in [1.165, 1.54) is 0 Å². The average Bonchev–Trinajstić information content (AvgIpc) is 2.29. The Morgan fingerprint density at radius 1 is 1.33 bits per heavy atom. The van der Waals surface area contributed by atoms with Crippen molar-refractivity contribution in [2.24, 2.45) is 0 Å². The normalized spacial score (nSPS) is 10.5. The van der Waals surface area contributed by atoms with Gasteiger partial charge in [0.2, 0.25) is 0 Å². The molecule has 1 aromatic heterocycles. The van der Waals surface area contributed by atoms with Crippen molar-refractivity contribution in [1.29, 1.82) is 0 Å². The van der Waals surface area contributed by atoms with E-state index in [1.807, 2.05) is 25.2 Å². The third kappa shape index (κ3) is 1.76. The van der Waals surface area contributed by atoms with Gasteiger partial charge in [-0.05, 0) is 13.1 Å². The van der Waals surface area contributed by atoms with Crippen molar-refractivity contribution in [3.63, 3.8) is 0 Å². The number of benzene rings is 1. The van der Waals surface area contributed by atoms with Crippen LogP contribution in [0.3, 0.4) is 0 Å². The molecule has 0 radical (unpaired) electrons. The van der Waals surface area contributed by atoms with Crippen LogP contribution in [0.2, 0.25) is 0 Å². The van der Waals surface area contributed by atoms with Crippen LogP contribution in [0, 0.1) is 0 Å². The molecule has 0 atom stereocenters. The maximum atomic E-state index is 5.25. The molecular formula is C11H13N3O. The highest BCUT2D eigenvalue weighted by Gasteiger charge is 2.06. The van der Waals surface area contributed by atoms with Gasteiger partial charge in [0, 0.05) is 11.9 Å². The van der Waals surface area contributed by atoms with Gasteiger partial charge in [-0.15, -0.1) is 0 Å². The topological polar surface area (TPSA) is 47.0 Å². The number of methoxy groups -OCH3 is 1. The Morgan fingerprint density at radius 2 is 2.20 bits per heavy atom. The molecule has 0 fully saturated rings. The highest BCUT2D eigenvalue weighted by atomic mass is 16.5. The molecule has 2 aromatic rings. The maximum Gasteiger partial charge on any atom is 0.145 e. The van der Waals surface area contributed by atoms with Crippen LogP contribution in [0.4, 0.5) is 0 Å². The summed E-state index contributed by atoms with van der Waals surface area (Å²) in [6.07, 6.45) is 1.57. The number of para-hydroxylation sites is 1. The largest absolute Gasteiger partial charge is 0.494 e. The molecule has 0 aliphatic carbocycles. The van der Waals surface area contributed by atoms with E-state index in [0.29, 0.717) is 0 Å². The molecule has 0 aliphatic rings. The minimum Gasteiger partial charge on any atom is -0.494 e. The third-order valence-corrected chi connectivity index (χ3v) is 2.27. The fourth-order valence-electron chi connectivity index (χ4n) is 1.59. The van der Waals surface area contributed by atoms with Crippen LogP contribution in [0.15, 0.2) is 24.5 Å². The second-order valence-corrected chi connectivity index (χ2v) is 3.21. The van der Waals surface area contributed by atoms with E-state index in [2.05, 4.69) is 15.3 Å². The van der Waals surface area contributed by atoms with Crippen molar-refractivity contribution in [1.82, 2.24) is 15.3 Å². The SMILES string of the molecule is CNCc1ncnc2c(OC)cccc12. The summed E-state index contributed by atoms with van der Waals surface area (Å²) in [7, 11) is 3.54. The van der Waals surface area contributed by atoms with Gasteiger partial charge in [-0.3, -0.25) is 0 Å². The predicted molar refractivity (Wildman–Crippen MR) is 58.9 cm³/mol. The lowest BCUT2D eigenvalue weighted by Gasteiger charge is -2.07. The number of rotatable bonds is 3. The van der Waals surface area contributed by atoms with Crippen LogP contribution in [0.5, 0.6) is 5.75 Å². The molecule has 0 unspecified atom stereocenters. The van der Waals surface area contributed by atoms with Gasteiger partial charge >= 0.3 is 0 Å². The molecule has 2 rings (SSSR count). The fraction of sp³-hybridized carbons (Fsp3) is 0.273. The monoisotopic (exact) mass is 203 g/mol. The van der Waals surface area contributed by atoms with Crippen molar-refractivity contribution < 1.29 is 4.74 Å². The highest BCUT2D eigenvalue weighted by Crippen LogP contribution is 2.24. The van der Waals surface area contributed by atoms with Crippen LogP contribution in [0.25, 0.3) is 10.9 Å². The molecule has 0 aliphatic heterocycles. The van der Waals surface area contributed by atoms with Gasteiger partial charge in [0.1, 0.15) is 17.6 Å². The minimum atomic E-state index is 0.728. The summed E-state index contributed by atoms with van der Waals surface area (Å²) in [4.78, 5) is 8.47. The van der Waals surface area contributed by atoms with Gasteiger partial charge in [0.05, 0.1) is 12.8 Å². The summed E-state index contributed by atoms with van der Waals surface area (Å²) < 4.78 is 5.25. The first-order valence-electron chi connectivity index (χ1n) is 4.78. The van der Waals surface area contributed by atoms with Crippen molar-refractivity contribution in [2.45, 2.75) is 6.54 Å². The summed E-state index contributed by atoms with van der Waals surface area (Å²) in [5.74, 6) is 0.784. The molecule has 78 valence electrons. The molecule has 0 amide bonds. The summed E-state index contributed by atoms with van der Waals surface area (Å²) in [5.41, 5.74) is 1.85. The van der Waals surface area contributed by atoms with E-state index in [4.69, 9.17) is 4.74 Å². The zero-order valence-electron chi connectivity index (χ0n) is 8.82. The molecule has 0 saturated heterocycles. The van der Waals surface area contributed by atoms with E-state index < -0.39 is 0 Å². The Balaban J connectivity index is 2.65. The first-order chi connectivity index (χ1) is 7.36.